The van der Waals surface area contributed by atoms with E-state index in [0.717, 1.165) is 19.4 Å². The van der Waals surface area contributed by atoms with E-state index in [4.69, 9.17) is 4.74 Å². The lowest BCUT2D eigenvalue weighted by Crippen LogP contribution is -2.31. The minimum absolute atomic E-state index is 0.0541. The largest absolute Gasteiger partial charge is 0.504 e. The molecule has 17 heavy (non-hydrogen) atoms. The highest BCUT2D eigenvalue weighted by Crippen LogP contribution is 2.27. The molecule has 0 bridgehead atoms. The number of amides is 1. The number of carbonyl (C=O) groups excluding carboxylic acids is 1. The number of hydrogen-bond donors (Lipinski definition) is 3. The fourth-order valence-corrected chi connectivity index (χ4v) is 1.82. The summed E-state index contributed by atoms with van der Waals surface area (Å²) in [5.41, 5.74) is 0.0722. The highest BCUT2D eigenvalue weighted by atomic mass is 16.5. The molecule has 92 valence electrons. The third-order valence-electron chi connectivity index (χ3n) is 2.77. The van der Waals surface area contributed by atoms with Gasteiger partial charge in [0.05, 0.1) is 11.7 Å². The zero-order valence-electron chi connectivity index (χ0n) is 9.35. The zero-order valence-corrected chi connectivity index (χ0v) is 9.35. The summed E-state index contributed by atoms with van der Waals surface area (Å²) in [6.07, 6.45) is 2.00. The van der Waals surface area contributed by atoms with Crippen molar-refractivity contribution in [3.05, 3.63) is 23.8 Å². The summed E-state index contributed by atoms with van der Waals surface area (Å²) in [5, 5.41) is 21.5. The van der Waals surface area contributed by atoms with Gasteiger partial charge < -0.3 is 20.3 Å². The zero-order chi connectivity index (χ0) is 12.3. The van der Waals surface area contributed by atoms with Gasteiger partial charge in [-0.15, -0.1) is 0 Å². The predicted octanol–water partition coefficient (Wildman–Crippen LogP) is 1.01. The molecule has 1 saturated heterocycles. The van der Waals surface area contributed by atoms with Crippen LogP contribution < -0.4 is 5.32 Å². The number of phenolic OH excluding ortho intramolecular Hbond substituents is 2. The second kappa shape index (κ2) is 5.05. The molecule has 3 N–H and O–H groups in total. The Morgan fingerprint density at radius 3 is 3.00 bits per heavy atom. The van der Waals surface area contributed by atoms with Gasteiger partial charge in [0.1, 0.15) is 0 Å². The highest BCUT2D eigenvalue weighted by molar-refractivity contribution is 5.97. The van der Waals surface area contributed by atoms with E-state index >= 15 is 0 Å². The smallest absolute Gasteiger partial charge is 0.255 e. The van der Waals surface area contributed by atoms with Gasteiger partial charge in [0.15, 0.2) is 11.5 Å². The van der Waals surface area contributed by atoms with Crippen molar-refractivity contribution in [3.8, 4) is 11.5 Å². The average molecular weight is 237 g/mol. The van der Waals surface area contributed by atoms with Gasteiger partial charge in [0.25, 0.3) is 5.91 Å². The van der Waals surface area contributed by atoms with Crippen molar-refractivity contribution in [2.45, 2.75) is 18.9 Å². The number of hydrogen-bond acceptors (Lipinski definition) is 4. The molecule has 1 aromatic carbocycles. The molecule has 0 radical (unpaired) electrons. The number of ether oxygens (including phenoxy) is 1. The van der Waals surface area contributed by atoms with E-state index in [1.807, 2.05) is 0 Å². The van der Waals surface area contributed by atoms with Crippen LogP contribution in [0.2, 0.25) is 0 Å². The van der Waals surface area contributed by atoms with Crippen molar-refractivity contribution in [2.24, 2.45) is 0 Å². The standard InChI is InChI=1S/C12H15NO4/c14-10-5-1-4-9(11(10)15)12(16)13-7-8-3-2-6-17-8/h1,4-5,8,14-15H,2-3,6-7H2,(H,13,16). The highest BCUT2D eigenvalue weighted by Gasteiger charge is 2.18. The van der Waals surface area contributed by atoms with Crippen molar-refractivity contribution < 1.29 is 19.7 Å². The lowest BCUT2D eigenvalue weighted by atomic mass is 10.1. The molecule has 1 aliphatic heterocycles. The third-order valence-corrected chi connectivity index (χ3v) is 2.77. The van der Waals surface area contributed by atoms with E-state index in [0.29, 0.717) is 6.54 Å². The number of nitrogens with one attached hydrogen (secondary N) is 1. The molecular weight excluding hydrogens is 222 g/mol. The molecule has 0 aromatic heterocycles. The van der Waals surface area contributed by atoms with Gasteiger partial charge in [0.2, 0.25) is 0 Å². The summed E-state index contributed by atoms with van der Waals surface area (Å²) in [4.78, 5) is 11.7. The fourth-order valence-electron chi connectivity index (χ4n) is 1.82. The summed E-state index contributed by atoms with van der Waals surface area (Å²) >= 11 is 0. The maximum absolute atomic E-state index is 11.7. The van der Waals surface area contributed by atoms with Crippen LogP contribution in [0, 0.1) is 0 Å². The van der Waals surface area contributed by atoms with Crippen molar-refractivity contribution in [3.63, 3.8) is 0 Å². The number of benzene rings is 1. The molecule has 1 heterocycles. The van der Waals surface area contributed by atoms with E-state index in [9.17, 15) is 15.0 Å². The van der Waals surface area contributed by atoms with Crippen molar-refractivity contribution in [1.29, 1.82) is 0 Å². The molecule has 1 fully saturated rings. The lowest BCUT2D eigenvalue weighted by molar-refractivity contribution is 0.0855. The number of aromatic hydroxyl groups is 2. The van der Waals surface area contributed by atoms with Gasteiger partial charge in [-0.25, -0.2) is 0 Å². The minimum Gasteiger partial charge on any atom is -0.504 e. The number of phenols is 2. The topological polar surface area (TPSA) is 78.8 Å². The van der Waals surface area contributed by atoms with E-state index in [2.05, 4.69) is 5.32 Å². The van der Waals surface area contributed by atoms with E-state index in [1.165, 1.54) is 18.2 Å². The fraction of sp³-hybridized carbons (Fsp3) is 0.417. The lowest BCUT2D eigenvalue weighted by Gasteiger charge is -2.11. The van der Waals surface area contributed by atoms with Crippen LogP contribution in [-0.2, 0) is 4.74 Å². The second-order valence-corrected chi connectivity index (χ2v) is 4.02. The maximum Gasteiger partial charge on any atom is 0.255 e. The molecule has 2 rings (SSSR count). The van der Waals surface area contributed by atoms with Gasteiger partial charge in [-0.2, -0.15) is 0 Å². The quantitative estimate of drug-likeness (QED) is 0.685. The van der Waals surface area contributed by atoms with Crippen LogP contribution in [0.25, 0.3) is 0 Å². The summed E-state index contributed by atoms with van der Waals surface area (Å²) < 4.78 is 5.37. The first-order valence-corrected chi connectivity index (χ1v) is 5.59. The van der Waals surface area contributed by atoms with Crippen molar-refractivity contribution in [2.75, 3.05) is 13.2 Å². The van der Waals surface area contributed by atoms with Crippen molar-refractivity contribution in [1.82, 2.24) is 5.32 Å². The number of rotatable bonds is 3. The first kappa shape index (κ1) is 11.7. The van der Waals surface area contributed by atoms with E-state index in [1.54, 1.807) is 0 Å². The second-order valence-electron chi connectivity index (χ2n) is 4.02. The Kier molecular flexibility index (Phi) is 3.49. The van der Waals surface area contributed by atoms with Crippen molar-refractivity contribution >= 4 is 5.91 Å². The predicted molar refractivity (Wildman–Crippen MR) is 61.1 cm³/mol. The average Bonchev–Trinajstić information content (AvgIpc) is 2.82. The first-order chi connectivity index (χ1) is 8.18. The van der Waals surface area contributed by atoms with Gasteiger partial charge in [-0.1, -0.05) is 6.07 Å². The number of carbonyl (C=O) groups is 1. The molecule has 1 aromatic rings. The molecule has 0 aliphatic carbocycles. The Morgan fingerprint density at radius 1 is 1.47 bits per heavy atom. The first-order valence-electron chi connectivity index (χ1n) is 5.59. The van der Waals surface area contributed by atoms with E-state index in [-0.39, 0.29) is 17.4 Å². The van der Waals surface area contributed by atoms with Gasteiger partial charge in [0, 0.05) is 13.2 Å². The Balaban J connectivity index is 1.97. The summed E-state index contributed by atoms with van der Waals surface area (Å²) in [5.74, 6) is -1.10. The summed E-state index contributed by atoms with van der Waals surface area (Å²) in [6.45, 7) is 1.16. The molecule has 1 amide bonds. The van der Waals surface area contributed by atoms with Crippen LogP contribution in [0.1, 0.15) is 23.2 Å². The molecule has 1 unspecified atom stereocenters. The molecule has 1 atom stereocenters. The number of para-hydroxylation sites is 1. The maximum atomic E-state index is 11.7. The molecular formula is C12H15NO4. The third kappa shape index (κ3) is 2.68. The van der Waals surface area contributed by atoms with Gasteiger partial charge in [-0.05, 0) is 25.0 Å². The molecule has 0 saturated carbocycles. The molecule has 5 nitrogen and oxygen atoms in total. The van der Waals surface area contributed by atoms with Gasteiger partial charge >= 0.3 is 0 Å². The van der Waals surface area contributed by atoms with Crippen LogP contribution in [0.5, 0.6) is 11.5 Å². The van der Waals surface area contributed by atoms with Crippen LogP contribution in [0.15, 0.2) is 18.2 Å². The Morgan fingerprint density at radius 2 is 2.29 bits per heavy atom. The van der Waals surface area contributed by atoms with Crippen LogP contribution >= 0.6 is 0 Å². The van der Waals surface area contributed by atoms with Crippen LogP contribution in [-0.4, -0.2) is 35.4 Å². The SMILES string of the molecule is O=C(NCC1CCCO1)c1cccc(O)c1O. The molecule has 0 spiro atoms. The summed E-state index contributed by atoms with van der Waals surface area (Å²) in [6, 6.07) is 4.29. The monoisotopic (exact) mass is 237 g/mol. The van der Waals surface area contributed by atoms with E-state index < -0.39 is 11.7 Å². The molecule has 1 aliphatic rings. The Hall–Kier alpha value is -1.75. The summed E-state index contributed by atoms with van der Waals surface area (Å²) in [7, 11) is 0. The Labute approximate surface area is 99.0 Å². The minimum atomic E-state index is -0.408. The normalized spacial score (nSPS) is 19.2. The van der Waals surface area contributed by atoms with Crippen LogP contribution in [0.4, 0.5) is 0 Å². The molecule has 5 heteroatoms. The van der Waals surface area contributed by atoms with Crippen LogP contribution in [0.3, 0.4) is 0 Å². The van der Waals surface area contributed by atoms with Gasteiger partial charge in [-0.3, -0.25) is 4.79 Å². The Bertz CT molecular complexity index is 413.